The molecule has 1 heterocycles. The first-order valence-corrected chi connectivity index (χ1v) is 10.3. The predicted octanol–water partition coefficient (Wildman–Crippen LogP) is 3.91. The number of rotatable bonds is 2. The van der Waals surface area contributed by atoms with Gasteiger partial charge in [0.1, 0.15) is 0 Å². The highest BCUT2D eigenvalue weighted by Gasteiger charge is 2.40. The first-order valence-electron chi connectivity index (χ1n) is 7.16. The van der Waals surface area contributed by atoms with E-state index < -0.39 is 7.14 Å². The molecule has 0 saturated heterocycles. The Morgan fingerprint density at radius 2 is 1.36 bits per heavy atom. The Morgan fingerprint density at radius 3 is 2.14 bits per heavy atom. The Labute approximate surface area is 142 Å². The Kier molecular flexibility index (Phi) is 3.82. The Bertz CT molecular complexity index is 822. The van der Waals surface area contributed by atoms with Gasteiger partial charge in [-0.15, -0.1) is 12.6 Å². The van der Waals surface area contributed by atoms with Crippen LogP contribution in [0.1, 0.15) is 0 Å². The lowest BCUT2D eigenvalue weighted by Crippen LogP contribution is -2.32. The van der Waals surface area contributed by atoms with Crippen LogP contribution in [0.2, 0.25) is 0 Å². The van der Waals surface area contributed by atoms with Crippen molar-refractivity contribution >= 4 is 53.6 Å². The van der Waals surface area contributed by atoms with Crippen molar-refractivity contribution < 1.29 is 0 Å². The molecule has 1 unspecified atom stereocenters. The lowest BCUT2D eigenvalue weighted by Gasteiger charge is -2.34. The van der Waals surface area contributed by atoms with Crippen LogP contribution in [-0.2, 0) is 0 Å². The van der Waals surface area contributed by atoms with Crippen LogP contribution in [0, 0.1) is 0 Å². The molecule has 3 aromatic carbocycles. The lowest BCUT2D eigenvalue weighted by atomic mass is 10.3. The smallest absolute Gasteiger partial charge is 0.0688 e. The topological polar surface area (TPSA) is 0 Å². The van der Waals surface area contributed by atoms with E-state index in [4.69, 9.17) is 12.6 Å². The van der Waals surface area contributed by atoms with Crippen LogP contribution < -0.4 is 15.9 Å². The summed E-state index contributed by atoms with van der Waals surface area (Å²) in [6.45, 7) is 0. The van der Waals surface area contributed by atoms with E-state index in [2.05, 4.69) is 85.1 Å². The minimum absolute atomic E-state index is 1.08. The van der Waals surface area contributed by atoms with Gasteiger partial charge < -0.3 is 11.6 Å². The summed E-state index contributed by atoms with van der Waals surface area (Å²) in [5, 5.41) is 4.20. The fraction of sp³-hybridized carbons (Fsp3) is 0. The molecule has 0 nitrogen and oxygen atoms in total. The molecule has 1 aliphatic rings. The zero-order valence-electron chi connectivity index (χ0n) is 11.9. The molecule has 2 radical (unpaired) electrons. The third-order valence-corrected chi connectivity index (χ3v) is 10.4. The van der Waals surface area contributed by atoms with Crippen LogP contribution in [0.15, 0.2) is 88.7 Å². The van der Waals surface area contributed by atoms with Gasteiger partial charge in [-0.05, 0) is 36.4 Å². The summed E-state index contributed by atoms with van der Waals surface area (Å²) >= 11 is 6.63. The van der Waals surface area contributed by atoms with Gasteiger partial charge in [0.15, 0.2) is 0 Å². The van der Waals surface area contributed by atoms with Crippen LogP contribution in [-0.4, -0.2) is 6.28 Å². The molecule has 4 rings (SSSR count). The summed E-state index contributed by atoms with van der Waals surface area (Å²) in [5.41, 5.74) is 0. The molecule has 0 N–H and O–H groups in total. The standard InChI is InChI=1S/C18H13BPS2/c21-17-12-6-4-10-15(17)20(14-8-2-1-3-9-14)16-11-5-7-13-18(16)22-19-20/h1-13H/q-1/p+1. The van der Waals surface area contributed by atoms with Gasteiger partial charge in [-0.3, -0.25) is 0 Å². The van der Waals surface area contributed by atoms with Crippen LogP contribution >= 0.6 is 31.4 Å². The van der Waals surface area contributed by atoms with Crippen LogP contribution in [0.5, 0.6) is 0 Å². The van der Waals surface area contributed by atoms with Crippen molar-refractivity contribution in [2.24, 2.45) is 0 Å². The van der Waals surface area contributed by atoms with Crippen molar-refractivity contribution in [2.75, 3.05) is 0 Å². The summed E-state index contributed by atoms with van der Waals surface area (Å²) in [6.07, 6.45) is 2.46. The third kappa shape index (κ3) is 2.15. The second-order valence-electron chi connectivity index (χ2n) is 5.24. The second kappa shape index (κ2) is 5.81. The first kappa shape index (κ1) is 14.4. The summed E-state index contributed by atoms with van der Waals surface area (Å²) in [4.78, 5) is 2.45. The van der Waals surface area contributed by atoms with E-state index in [-0.39, 0.29) is 0 Å². The Hall–Kier alpha value is -1.15. The van der Waals surface area contributed by atoms with Crippen LogP contribution in [0.3, 0.4) is 0 Å². The van der Waals surface area contributed by atoms with Gasteiger partial charge in [0.05, 0.1) is 15.9 Å². The van der Waals surface area contributed by atoms with Crippen molar-refractivity contribution in [3.63, 3.8) is 0 Å². The SMILES string of the molecule is Sc1ccccc1[P+]1(c2ccccc2)[B-]Sc2ccccc21. The lowest BCUT2D eigenvalue weighted by molar-refractivity contribution is 1.52. The van der Waals surface area contributed by atoms with Crippen LogP contribution in [0.25, 0.3) is 0 Å². The van der Waals surface area contributed by atoms with E-state index in [0.29, 0.717) is 0 Å². The maximum Gasteiger partial charge on any atom is 0.0688 e. The van der Waals surface area contributed by atoms with E-state index >= 15 is 0 Å². The summed E-state index contributed by atoms with van der Waals surface area (Å²) in [6, 6.07) is 28.2. The van der Waals surface area contributed by atoms with Gasteiger partial charge >= 0.3 is 0 Å². The average molecular weight is 336 g/mol. The van der Waals surface area contributed by atoms with Crippen molar-refractivity contribution in [3.05, 3.63) is 78.9 Å². The van der Waals surface area contributed by atoms with E-state index in [1.807, 2.05) is 11.6 Å². The molecule has 0 aliphatic carbocycles. The van der Waals surface area contributed by atoms with E-state index in [1.54, 1.807) is 0 Å². The normalized spacial score (nSPS) is 19.9. The molecule has 0 saturated carbocycles. The molecule has 3 aromatic rings. The first-order chi connectivity index (χ1) is 10.8. The number of thiol groups is 1. The Morgan fingerprint density at radius 1 is 0.727 bits per heavy atom. The van der Waals surface area contributed by atoms with E-state index in [0.717, 1.165) is 4.90 Å². The highest BCUT2D eigenvalue weighted by Crippen LogP contribution is 2.63. The fourth-order valence-electron chi connectivity index (χ4n) is 2.99. The third-order valence-electron chi connectivity index (χ3n) is 4.01. The maximum absolute atomic E-state index is 4.77. The molecular formula is C18H14BPS2. The maximum atomic E-state index is 4.77. The van der Waals surface area contributed by atoms with Gasteiger partial charge in [-0.25, -0.2) is 0 Å². The zero-order valence-corrected chi connectivity index (χ0v) is 14.5. The second-order valence-corrected chi connectivity index (χ2v) is 10.2. The molecule has 0 spiro atoms. The average Bonchev–Trinajstić information content (AvgIpc) is 2.97. The molecular weight excluding hydrogens is 322 g/mol. The van der Waals surface area contributed by atoms with E-state index in [9.17, 15) is 0 Å². The van der Waals surface area contributed by atoms with Crippen LogP contribution in [0.4, 0.5) is 0 Å². The number of hydrogen-bond donors (Lipinski definition) is 1. The Balaban J connectivity index is 2.05. The molecule has 0 aromatic heterocycles. The predicted molar refractivity (Wildman–Crippen MR) is 104 cm³/mol. The summed E-state index contributed by atoms with van der Waals surface area (Å²) < 4.78 is 0. The van der Waals surface area contributed by atoms with Gasteiger partial charge in [0, 0.05) is 16.1 Å². The van der Waals surface area contributed by atoms with Gasteiger partial charge in [-0.2, -0.15) is 0 Å². The summed E-state index contributed by atoms with van der Waals surface area (Å²) in [5.74, 6) is 0. The zero-order chi connectivity index (χ0) is 15.0. The molecule has 106 valence electrons. The monoisotopic (exact) mass is 336 g/mol. The summed E-state index contributed by atoms with van der Waals surface area (Å²) in [7, 11) is -1.72. The van der Waals surface area contributed by atoms with Crippen molar-refractivity contribution in [3.8, 4) is 0 Å². The molecule has 4 heteroatoms. The van der Waals surface area contributed by atoms with Crippen molar-refractivity contribution in [1.82, 2.24) is 0 Å². The quantitative estimate of drug-likeness (QED) is 0.421. The van der Waals surface area contributed by atoms with Crippen molar-refractivity contribution in [2.45, 2.75) is 9.79 Å². The minimum Gasteiger partial charge on any atom is -0.358 e. The molecule has 0 bridgehead atoms. The van der Waals surface area contributed by atoms with Gasteiger partial charge in [-0.1, -0.05) is 49.6 Å². The van der Waals surface area contributed by atoms with E-state index in [1.165, 1.54) is 20.8 Å². The number of fused-ring (bicyclic) bond motifs is 1. The number of benzene rings is 3. The van der Waals surface area contributed by atoms with Crippen molar-refractivity contribution in [1.29, 1.82) is 0 Å². The van der Waals surface area contributed by atoms with Gasteiger partial charge in [0.25, 0.3) is 0 Å². The van der Waals surface area contributed by atoms with Gasteiger partial charge in [0.2, 0.25) is 0 Å². The minimum atomic E-state index is -1.72. The highest BCUT2D eigenvalue weighted by molar-refractivity contribution is 8.48. The molecule has 1 atom stereocenters. The molecule has 22 heavy (non-hydrogen) atoms. The molecule has 0 amide bonds. The molecule has 0 fully saturated rings. The highest BCUT2D eigenvalue weighted by atomic mass is 32.2. The largest absolute Gasteiger partial charge is 0.358 e. The molecule has 1 aliphatic heterocycles. The number of hydrogen-bond acceptors (Lipinski definition) is 2. The fourth-order valence-corrected chi connectivity index (χ4v) is 10.0.